The van der Waals surface area contributed by atoms with Crippen molar-refractivity contribution in [3.8, 4) is 5.75 Å². The molecular weight excluding hydrogens is 304 g/mol. The second-order valence-corrected chi connectivity index (χ2v) is 5.78. The summed E-state index contributed by atoms with van der Waals surface area (Å²) in [5, 5.41) is 10.3. The highest BCUT2D eigenvalue weighted by molar-refractivity contribution is 9.10. The van der Waals surface area contributed by atoms with Gasteiger partial charge in [0.2, 0.25) is 0 Å². The second-order valence-electron chi connectivity index (χ2n) is 4.92. The smallest absolute Gasteiger partial charge is 0.128 e. The predicted octanol–water partition coefficient (Wildman–Crippen LogP) is 4.31. The lowest BCUT2D eigenvalue weighted by atomic mass is 9.94. The van der Waals surface area contributed by atoms with Crippen molar-refractivity contribution in [2.75, 3.05) is 0 Å². The van der Waals surface area contributed by atoms with Crippen LogP contribution in [0.4, 0.5) is 0 Å². The Bertz CT molecular complexity index is 609. The molecule has 1 unspecified atom stereocenters. The van der Waals surface area contributed by atoms with Gasteiger partial charge in [-0.25, -0.2) is 0 Å². The van der Waals surface area contributed by atoms with E-state index in [0.29, 0.717) is 6.42 Å². The van der Waals surface area contributed by atoms with Crippen LogP contribution in [0.25, 0.3) is 0 Å². The highest BCUT2D eigenvalue weighted by Crippen LogP contribution is 2.42. The summed E-state index contributed by atoms with van der Waals surface area (Å²) in [6.07, 6.45) is 0.000497. The summed E-state index contributed by atoms with van der Waals surface area (Å²) in [4.78, 5) is 0. The molecule has 2 aromatic carbocycles. The SMILES string of the molecule is Cc1ccc2c(c1)[C@H](O)CC(c1ccccc1Br)O2. The first-order valence-corrected chi connectivity index (χ1v) is 7.14. The summed E-state index contributed by atoms with van der Waals surface area (Å²) in [5.41, 5.74) is 3.11. The van der Waals surface area contributed by atoms with Gasteiger partial charge in [0.05, 0.1) is 6.10 Å². The molecule has 0 radical (unpaired) electrons. The van der Waals surface area contributed by atoms with E-state index in [0.717, 1.165) is 26.9 Å². The summed E-state index contributed by atoms with van der Waals surface area (Å²) in [6.45, 7) is 2.02. The number of halogens is 1. The van der Waals surface area contributed by atoms with Crippen LogP contribution in [0.5, 0.6) is 5.75 Å². The molecular formula is C16H15BrO2. The number of hydrogen-bond acceptors (Lipinski definition) is 2. The third-order valence-electron chi connectivity index (χ3n) is 3.48. The first-order valence-electron chi connectivity index (χ1n) is 6.35. The topological polar surface area (TPSA) is 29.5 Å². The van der Waals surface area contributed by atoms with Crippen molar-refractivity contribution in [1.29, 1.82) is 0 Å². The average molecular weight is 319 g/mol. The molecule has 3 rings (SSSR count). The molecule has 19 heavy (non-hydrogen) atoms. The fourth-order valence-corrected chi connectivity index (χ4v) is 3.03. The van der Waals surface area contributed by atoms with E-state index in [1.54, 1.807) is 0 Å². The summed E-state index contributed by atoms with van der Waals surface area (Å²) in [7, 11) is 0. The number of rotatable bonds is 1. The van der Waals surface area contributed by atoms with E-state index >= 15 is 0 Å². The first-order chi connectivity index (χ1) is 9.15. The van der Waals surface area contributed by atoms with Crippen molar-refractivity contribution >= 4 is 15.9 Å². The molecule has 1 heterocycles. The lowest BCUT2D eigenvalue weighted by molar-refractivity contribution is 0.0653. The fourth-order valence-electron chi connectivity index (χ4n) is 2.49. The number of fused-ring (bicyclic) bond motifs is 1. The summed E-state index contributed by atoms with van der Waals surface area (Å²) in [6, 6.07) is 13.9. The Kier molecular flexibility index (Phi) is 3.33. The molecule has 0 bridgehead atoms. The quantitative estimate of drug-likeness (QED) is 0.848. The van der Waals surface area contributed by atoms with Crippen LogP contribution in [0.3, 0.4) is 0 Å². The van der Waals surface area contributed by atoms with Gasteiger partial charge in [0.1, 0.15) is 11.9 Å². The van der Waals surface area contributed by atoms with E-state index in [-0.39, 0.29) is 6.10 Å². The Hall–Kier alpha value is -1.32. The summed E-state index contributed by atoms with van der Waals surface area (Å²) < 4.78 is 7.05. The van der Waals surface area contributed by atoms with E-state index in [1.165, 1.54) is 0 Å². The molecule has 3 heteroatoms. The summed E-state index contributed by atoms with van der Waals surface area (Å²) in [5.74, 6) is 0.783. The molecule has 0 saturated carbocycles. The molecule has 98 valence electrons. The normalized spacial score (nSPS) is 21.6. The van der Waals surface area contributed by atoms with Crippen LogP contribution >= 0.6 is 15.9 Å². The predicted molar refractivity (Wildman–Crippen MR) is 78.3 cm³/mol. The minimum absolute atomic E-state index is 0.110. The van der Waals surface area contributed by atoms with Crippen LogP contribution in [0, 0.1) is 6.92 Å². The number of aliphatic hydroxyl groups excluding tert-OH is 1. The number of hydrogen-bond donors (Lipinski definition) is 1. The highest BCUT2D eigenvalue weighted by Gasteiger charge is 2.28. The van der Waals surface area contributed by atoms with Crippen LogP contribution in [-0.2, 0) is 0 Å². The van der Waals surface area contributed by atoms with E-state index in [4.69, 9.17) is 4.74 Å². The standard InChI is InChI=1S/C16H15BrO2/c1-10-6-7-15-12(8-10)14(18)9-16(19-15)11-4-2-3-5-13(11)17/h2-8,14,16,18H,9H2,1H3/t14-,16?/m1/s1. The maximum atomic E-state index is 10.3. The Morgan fingerprint density at radius 1 is 1.16 bits per heavy atom. The van der Waals surface area contributed by atoms with Crippen molar-refractivity contribution in [2.45, 2.75) is 25.6 Å². The second kappa shape index (κ2) is 4.99. The minimum Gasteiger partial charge on any atom is -0.485 e. The molecule has 2 nitrogen and oxygen atoms in total. The Morgan fingerprint density at radius 2 is 1.95 bits per heavy atom. The third kappa shape index (κ3) is 2.40. The average Bonchev–Trinajstić information content (AvgIpc) is 2.40. The first kappa shape index (κ1) is 12.7. The molecule has 2 atom stereocenters. The number of aryl methyl sites for hydroxylation is 1. The molecule has 0 aliphatic carbocycles. The molecule has 1 aliphatic heterocycles. The lowest BCUT2D eigenvalue weighted by Gasteiger charge is -2.30. The molecule has 0 amide bonds. The van der Waals surface area contributed by atoms with E-state index in [2.05, 4.69) is 15.9 Å². The Labute approximate surface area is 121 Å². The van der Waals surface area contributed by atoms with Gasteiger partial charge in [-0.05, 0) is 25.1 Å². The van der Waals surface area contributed by atoms with Crippen LogP contribution in [0.1, 0.15) is 35.3 Å². The number of aliphatic hydroxyl groups is 1. The van der Waals surface area contributed by atoms with Crippen LogP contribution in [-0.4, -0.2) is 5.11 Å². The number of ether oxygens (including phenoxy) is 1. The third-order valence-corrected chi connectivity index (χ3v) is 4.21. The van der Waals surface area contributed by atoms with Gasteiger partial charge in [-0.3, -0.25) is 0 Å². The minimum atomic E-state index is -0.472. The van der Waals surface area contributed by atoms with Crippen LogP contribution in [0.15, 0.2) is 46.9 Å². The largest absolute Gasteiger partial charge is 0.485 e. The lowest BCUT2D eigenvalue weighted by Crippen LogP contribution is -2.19. The zero-order valence-corrected chi connectivity index (χ0v) is 12.2. The van der Waals surface area contributed by atoms with Crippen molar-refractivity contribution in [3.63, 3.8) is 0 Å². The molecule has 0 saturated heterocycles. The molecule has 1 N–H and O–H groups in total. The molecule has 1 aliphatic rings. The van der Waals surface area contributed by atoms with Gasteiger partial charge < -0.3 is 9.84 Å². The monoisotopic (exact) mass is 318 g/mol. The van der Waals surface area contributed by atoms with Gasteiger partial charge in [-0.1, -0.05) is 45.8 Å². The van der Waals surface area contributed by atoms with Crippen molar-refractivity contribution in [3.05, 3.63) is 63.6 Å². The molecule has 0 spiro atoms. The Balaban J connectivity index is 1.97. The van der Waals surface area contributed by atoms with Crippen LogP contribution < -0.4 is 4.74 Å². The fraction of sp³-hybridized carbons (Fsp3) is 0.250. The van der Waals surface area contributed by atoms with E-state index < -0.39 is 6.10 Å². The molecule has 2 aromatic rings. The highest BCUT2D eigenvalue weighted by atomic mass is 79.9. The summed E-state index contributed by atoms with van der Waals surface area (Å²) >= 11 is 3.54. The van der Waals surface area contributed by atoms with Crippen molar-refractivity contribution < 1.29 is 9.84 Å². The maximum Gasteiger partial charge on any atom is 0.128 e. The van der Waals surface area contributed by atoms with Crippen LogP contribution in [0.2, 0.25) is 0 Å². The zero-order valence-electron chi connectivity index (χ0n) is 10.6. The van der Waals surface area contributed by atoms with Gasteiger partial charge in [-0.2, -0.15) is 0 Å². The van der Waals surface area contributed by atoms with Gasteiger partial charge in [0.15, 0.2) is 0 Å². The zero-order chi connectivity index (χ0) is 13.4. The van der Waals surface area contributed by atoms with Gasteiger partial charge in [0, 0.05) is 22.0 Å². The van der Waals surface area contributed by atoms with Gasteiger partial charge in [-0.15, -0.1) is 0 Å². The van der Waals surface area contributed by atoms with Gasteiger partial charge in [0.25, 0.3) is 0 Å². The Morgan fingerprint density at radius 3 is 2.74 bits per heavy atom. The number of benzene rings is 2. The van der Waals surface area contributed by atoms with E-state index in [9.17, 15) is 5.11 Å². The van der Waals surface area contributed by atoms with E-state index in [1.807, 2.05) is 49.4 Å². The van der Waals surface area contributed by atoms with Gasteiger partial charge >= 0.3 is 0 Å². The molecule has 0 fully saturated rings. The van der Waals surface area contributed by atoms with Crippen molar-refractivity contribution in [2.24, 2.45) is 0 Å². The maximum absolute atomic E-state index is 10.3. The van der Waals surface area contributed by atoms with Crippen molar-refractivity contribution in [1.82, 2.24) is 0 Å². The molecule has 0 aromatic heterocycles.